The summed E-state index contributed by atoms with van der Waals surface area (Å²) in [6.45, 7) is 1.56. The van der Waals surface area contributed by atoms with Crippen molar-refractivity contribution >= 4 is 22.7 Å². The van der Waals surface area contributed by atoms with E-state index in [1.54, 1.807) is 11.3 Å². The van der Waals surface area contributed by atoms with Crippen molar-refractivity contribution in [2.24, 2.45) is 0 Å². The molecule has 96 valence electrons. The van der Waals surface area contributed by atoms with Gasteiger partial charge < -0.3 is 15.0 Å². The maximum absolute atomic E-state index is 5.74. The molecule has 0 atom stereocenters. The van der Waals surface area contributed by atoms with Gasteiger partial charge in [-0.05, 0) is 23.6 Å². The molecular formula is C14H18N2OS. The molecule has 0 bridgehead atoms. The van der Waals surface area contributed by atoms with Gasteiger partial charge in [-0.1, -0.05) is 6.07 Å². The van der Waals surface area contributed by atoms with Crippen LogP contribution in [0, 0.1) is 0 Å². The highest BCUT2D eigenvalue weighted by Gasteiger charge is 2.01. The molecule has 2 rings (SSSR count). The molecule has 4 heteroatoms. The number of hydrogen-bond donors (Lipinski definition) is 1. The lowest BCUT2D eigenvalue weighted by molar-refractivity contribution is 0.326. The van der Waals surface area contributed by atoms with Crippen LogP contribution < -0.4 is 15.0 Å². The minimum atomic E-state index is 0.680. The highest BCUT2D eigenvalue weighted by atomic mass is 32.1. The molecule has 2 aromatic rings. The fourth-order valence-electron chi connectivity index (χ4n) is 1.65. The van der Waals surface area contributed by atoms with Crippen LogP contribution in [0.2, 0.25) is 0 Å². The first-order chi connectivity index (χ1) is 8.79. The number of rotatable bonds is 6. The summed E-state index contributed by atoms with van der Waals surface area (Å²) in [6, 6.07) is 10.1. The molecule has 0 fully saturated rings. The van der Waals surface area contributed by atoms with Crippen LogP contribution in [0.3, 0.4) is 0 Å². The van der Waals surface area contributed by atoms with E-state index in [1.165, 1.54) is 5.69 Å². The van der Waals surface area contributed by atoms with Crippen molar-refractivity contribution in [2.45, 2.75) is 0 Å². The van der Waals surface area contributed by atoms with Crippen molar-refractivity contribution < 1.29 is 4.74 Å². The molecule has 0 saturated carbocycles. The predicted molar refractivity (Wildman–Crippen MR) is 79.1 cm³/mol. The highest BCUT2D eigenvalue weighted by molar-refractivity contribution is 7.08. The summed E-state index contributed by atoms with van der Waals surface area (Å²) in [5.41, 5.74) is 2.31. The lowest BCUT2D eigenvalue weighted by Gasteiger charge is -2.17. The fraction of sp³-hybridized carbons (Fsp3) is 0.286. The molecule has 1 aromatic heterocycles. The van der Waals surface area contributed by atoms with Crippen molar-refractivity contribution in [2.75, 3.05) is 37.5 Å². The molecule has 1 aromatic carbocycles. The summed E-state index contributed by atoms with van der Waals surface area (Å²) in [6.07, 6.45) is 0. The fourth-order valence-corrected chi connectivity index (χ4v) is 2.34. The lowest BCUT2D eigenvalue weighted by atomic mass is 10.3. The average Bonchev–Trinajstić information content (AvgIpc) is 2.93. The van der Waals surface area contributed by atoms with Gasteiger partial charge in [0.25, 0.3) is 0 Å². The second kappa shape index (κ2) is 6.31. The molecule has 0 aliphatic heterocycles. The number of nitrogens with zero attached hydrogens (tertiary/aromatic N) is 1. The summed E-state index contributed by atoms with van der Waals surface area (Å²) < 4.78 is 5.74. The minimum absolute atomic E-state index is 0.680. The number of benzene rings is 1. The van der Waals surface area contributed by atoms with Crippen molar-refractivity contribution in [1.82, 2.24) is 0 Å². The van der Waals surface area contributed by atoms with Gasteiger partial charge in [0.2, 0.25) is 0 Å². The standard InChI is InChI=1S/C14H18N2OS/c1-15-12-4-3-5-14(10-12)17-8-7-16(2)13-6-9-18-11-13/h3-6,9-11,15H,7-8H2,1-2H3. The van der Waals surface area contributed by atoms with E-state index in [2.05, 4.69) is 34.1 Å². The van der Waals surface area contributed by atoms with Crippen LogP contribution in [0.15, 0.2) is 41.1 Å². The van der Waals surface area contributed by atoms with Gasteiger partial charge in [0.05, 0.1) is 6.54 Å². The van der Waals surface area contributed by atoms with Gasteiger partial charge in [0.15, 0.2) is 0 Å². The quantitative estimate of drug-likeness (QED) is 0.864. The number of ether oxygens (including phenoxy) is 1. The zero-order chi connectivity index (χ0) is 12.8. The molecule has 1 heterocycles. The van der Waals surface area contributed by atoms with Gasteiger partial charge in [-0.2, -0.15) is 11.3 Å². The Labute approximate surface area is 112 Å². The molecule has 3 nitrogen and oxygen atoms in total. The molecule has 18 heavy (non-hydrogen) atoms. The molecule has 0 amide bonds. The maximum atomic E-state index is 5.74. The van der Waals surface area contributed by atoms with E-state index in [-0.39, 0.29) is 0 Å². The molecule has 0 unspecified atom stereocenters. The Balaban J connectivity index is 1.81. The van der Waals surface area contributed by atoms with Gasteiger partial charge in [0, 0.05) is 36.9 Å². The number of likely N-dealkylation sites (N-methyl/N-ethyl adjacent to an activating group) is 1. The van der Waals surface area contributed by atoms with E-state index >= 15 is 0 Å². The van der Waals surface area contributed by atoms with Crippen LogP contribution in [0.4, 0.5) is 11.4 Å². The summed E-state index contributed by atoms with van der Waals surface area (Å²) >= 11 is 1.71. The Morgan fingerprint density at radius 3 is 2.94 bits per heavy atom. The molecule has 0 aliphatic carbocycles. The zero-order valence-corrected chi connectivity index (χ0v) is 11.5. The van der Waals surface area contributed by atoms with E-state index in [4.69, 9.17) is 4.74 Å². The zero-order valence-electron chi connectivity index (χ0n) is 10.7. The van der Waals surface area contributed by atoms with Crippen LogP contribution in [0.25, 0.3) is 0 Å². The Morgan fingerprint density at radius 1 is 1.33 bits per heavy atom. The predicted octanol–water partition coefficient (Wildman–Crippen LogP) is 3.31. The number of thiophene rings is 1. The smallest absolute Gasteiger partial charge is 0.121 e. The van der Waals surface area contributed by atoms with Gasteiger partial charge in [-0.3, -0.25) is 0 Å². The van der Waals surface area contributed by atoms with E-state index in [0.29, 0.717) is 6.61 Å². The summed E-state index contributed by atoms with van der Waals surface area (Å²) in [7, 11) is 3.99. The summed E-state index contributed by atoms with van der Waals surface area (Å²) in [4.78, 5) is 2.19. The van der Waals surface area contributed by atoms with Crippen LogP contribution in [-0.2, 0) is 0 Å². The monoisotopic (exact) mass is 262 g/mol. The van der Waals surface area contributed by atoms with Crippen molar-refractivity contribution in [3.8, 4) is 5.75 Å². The van der Waals surface area contributed by atoms with E-state index in [9.17, 15) is 0 Å². The van der Waals surface area contributed by atoms with Crippen molar-refractivity contribution in [1.29, 1.82) is 0 Å². The van der Waals surface area contributed by atoms with Crippen molar-refractivity contribution in [3.63, 3.8) is 0 Å². The van der Waals surface area contributed by atoms with E-state index < -0.39 is 0 Å². The van der Waals surface area contributed by atoms with E-state index in [0.717, 1.165) is 18.0 Å². The van der Waals surface area contributed by atoms with Crippen LogP contribution in [0.1, 0.15) is 0 Å². The first-order valence-electron chi connectivity index (χ1n) is 5.93. The molecule has 0 spiro atoms. The summed E-state index contributed by atoms with van der Waals surface area (Å²) in [5.74, 6) is 0.903. The third kappa shape index (κ3) is 3.40. The van der Waals surface area contributed by atoms with E-state index in [1.807, 2.05) is 31.3 Å². The number of nitrogens with one attached hydrogen (secondary N) is 1. The van der Waals surface area contributed by atoms with Gasteiger partial charge in [0.1, 0.15) is 12.4 Å². The van der Waals surface area contributed by atoms with Gasteiger partial charge >= 0.3 is 0 Å². The molecule has 1 N–H and O–H groups in total. The van der Waals surface area contributed by atoms with Crippen LogP contribution in [0.5, 0.6) is 5.75 Å². The molecule has 0 saturated heterocycles. The Kier molecular flexibility index (Phi) is 4.47. The molecule has 0 aliphatic rings. The summed E-state index contributed by atoms with van der Waals surface area (Å²) in [5, 5.41) is 7.33. The third-order valence-electron chi connectivity index (χ3n) is 2.77. The molecular weight excluding hydrogens is 244 g/mol. The average molecular weight is 262 g/mol. The minimum Gasteiger partial charge on any atom is -0.492 e. The normalized spacial score (nSPS) is 10.1. The van der Waals surface area contributed by atoms with Crippen molar-refractivity contribution in [3.05, 3.63) is 41.1 Å². The van der Waals surface area contributed by atoms with Crippen LogP contribution >= 0.6 is 11.3 Å². The first-order valence-corrected chi connectivity index (χ1v) is 6.88. The van der Waals surface area contributed by atoms with Gasteiger partial charge in [-0.25, -0.2) is 0 Å². The highest BCUT2D eigenvalue weighted by Crippen LogP contribution is 2.18. The Morgan fingerprint density at radius 2 is 2.22 bits per heavy atom. The Hall–Kier alpha value is -1.68. The number of anilines is 2. The third-order valence-corrected chi connectivity index (χ3v) is 3.44. The topological polar surface area (TPSA) is 24.5 Å². The van der Waals surface area contributed by atoms with Gasteiger partial charge in [-0.15, -0.1) is 0 Å². The molecule has 0 radical (unpaired) electrons. The largest absolute Gasteiger partial charge is 0.492 e. The van der Waals surface area contributed by atoms with Crippen LogP contribution in [-0.4, -0.2) is 27.2 Å². The lowest BCUT2D eigenvalue weighted by Crippen LogP contribution is -2.23. The second-order valence-corrected chi connectivity index (χ2v) is 4.81. The first kappa shape index (κ1) is 12.8. The second-order valence-electron chi connectivity index (χ2n) is 4.03. The number of hydrogen-bond acceptors (Lipinski definition) is 4. The Bertz CT molecular complexity index is 470. The maximum Gasteiger partial charge on any atom is 0.121 e. The SMILES string of the molecule is CNc1cccc(OCCN(C)c2ccsc2)c1.